The summed E-state index contributed by atoms with van der Waals surface area (Å²) in [7, 11) is 0. The summed E-state index contributed by atoms with van der Waals surface area (Å²) in [6, 6.07) is 3.77. The number of anilines is 1. The van der Waals surface area contributed by atoms with Crippen LogP contribution in [0.5, 0.6) is 0 Å². The second-order valence-corrected chi connectivity index (χ2v) is 4.96. The third-order valence-electron chi connectivity index (χ3n) is 2.75. The first kappa shape index (κ1) is 9.03. The third-order valence-corrected chi connectivity index (χ3v) is 3.91. The molecule has 0 aliphatic carbocycles. The summed E-state index contributed by atoms with van der Waals surface area (Å²) >= 11 is 1.98. The second kappa shape index (κ2) is 3.41. The molecule has 1 aliphatic rings. The van der Waals surface area contributed by atoms with Gasteiger partial charge in [0.2, 0.25) is 0 Å². The number of nitrogens with two attached hydrogens (primary N) is 1. The first-order valence-electron chi connectivity index (χ1n) is 5.02. The molecular formula is C10H12N4S. The average Bonchev–Trinajstić information content (AvgIpc) is 2.83. The lowest BCUT2D eigenvalue weighted by molar-refractivity contribution is 0.706. The van der Waals surface area contributed by atoms with Gasteiger partial charge in [0.15, 0.2) is 5.65 Å². The van der Waals surface area contributed by atoms with Crippen molar-refractivity contribution >= 4 is 23.1 Å². The van der Waals surface area contributed by atoms with Gasteiger partial charge in [-0.15, -0.1) is 10.2 Å². The van der Waals surface area contributed by atoms with E-state index in [4.69, 9.17) is 5.73 Å². The van der Waals surface area contributed by atoms with E-state index in [1.807, 2.05) is 34.5 Å². The largest absolute Gasteiger partial charge is 0.398 e. The molecule has 2 N–H and O–H groups in total. The fourth-order valence-electron chi connectivity index (χ4n) is 1.94. The molecule has 5 heteroatoms. The smallest absolute Gasteiger partial charge is 0.160 e. The van der Waals surface area contributed by atoms with Crippen molar-refractivity contribution in [1.82, 2.24) is 14.6 Å². The zero-order chi connectivity index (χ0) is 10.3. The van der Waals surface area contributed by atoms with Crippen LogP contribution in [-0.4, -0.2) is 26.1 Å². The van der Waals surface area contributed by atoms with Gasteiger partial charge in [-0.2, -0.15) is 11.8 Å². The highest BCUT2D eigenvalue weighted by Gasteiger charge is 2.22. The number of fused-ring (bicyclic) bond motifs is 1. The van der Waals surface area contributed by atoms with E-state index in [1.165, 1.54) is 12.2 Å². The van der Waals surface area contributed by atoms with E-state index in [1.54, 1.807) is 0 Å². The number of rotatable bonds is 1. The van der Waals surface area contributed by atoms with Crippen molar-refractivity contribution in [3.8, 4) is 0 Å². The van der Waals surface area contributed by atoms with E-state index < -0.39 is 0 Å². The molecule has 1 aliphatic heterocycles. The zero-order valence-electron chi connectivity index (χ0n) is 8.26. The number of nitrogens with zero attached hydrogens (tertiary/aromatic N) is 3. The van der Waals surface area contributed by atoms with Gasteiger partial charge >= 0.3 is 0 Å². The second-order valence-electron chi connectivity index (χ2n) is 3.81. The molecule has 0 spiro atoms. The number of thioether (sulfide) groups is 1. The highest BCUT2D eigenvalue weighted by atomic mass is 32.2. The van der Waals surface area contributed by atoms with E-state index in [9.17, 15) is 0 Å². The highest BCUT2D eigenvalue weighted by molar-refractivity contribution is 7.99. The number of hydrogen-bond acceptors (Lipinski definition) is 4. The summed E-state index contributed by atoms with van der Waals surface area (Å²) in [5.41, 5.74) is 7.41. The zero-order valence-corrected chi connectivity index (χ0v) is 9.07. The van der Waals surface area contributed by atoms with Crippen molar-refractivity contribution in [2.24, 2.45) is 0 Å². The van der Waals surface area contributed by atoms with Crippen LogP contribution in [-0.2, 0) is 0 Å². The molecule has 2 aromatic rings. The monoisotopic (exact) mass is 220 g/mol. The van der Waals surface area contributed by atoms with Crippen LogP contribution in [0.25, 0.3) is 5.65 Å². The first-order chi connectivity index (χ1) is 7.34. The van der Waals surface area contributed by atoms with Crippen LogP contribution >= 0.6 is 11.8 Å². The Kier molecular flexibility index (Phi) is 2.05. The Bertz CT molecular complexity index is 487. The van der Waals surface area contributed by atoms with Gasteiger partial charge in [-0.05, 0) is 24.3 Å². The van der Waals surface area contributed by atoms with Gasteiger partial charge in [0.05, 0.1) is 0 Å². The molecule has 0 bridgehead atoms. The molecule has 15 heavy (non-hydrogen) atoms. The van der Waals surface area contributed by atoms with E-state index in [0.717, 1.165) is 22.9 Å². The van der Waals surface area contributed by atoms with Crippen molar-refractivity contribution in [3.05, 3.63) is 24.2 Å². The molecule has 3 rings (SSSR count). The Labute approximate surface area is 91.9 Å². The lowest BCUT2D eigenvalue weighted by atomic mass is 10.1. The lowest BCUT2D eigenvalue weighted by Crippen LogP contribution is -2.03. The minimum absolute atomic E-state index is 0.534. The molecule has 4 nitrogen and oxygen atoms in total. The topological polar surface area (TPSA) is 56.2 Å². The fraction of sp³-hybridized carbons (Fsp3) is 0.400. The number of pyridine rings is 1. The van der Waals surface area contributed by atoms with Crippen molar-refractivity contribution in [3.63, 3.8) is 0 Å². The molecule has 1 unspecified atom stereocenters. The van der Waals surface area contributed by atoms with Crippen LogP contribution < -0.4 is 5.73 Å². The summed E-state index contributed by atoms with van der Waals surface area (Å²) in [6.45, 7) is 0. The van der Waals surface area contributed by atoms with Crippen LogP contribution in [0.15, 0.2) is 18.3 Å². The summed E-state index contributed by atoms with van der Waals surface area (Å²) < 4.78 is 2.02. The van der Waals surface area contributed by atoms with Gasteiger partial charge in [0, 0.05) is 23.6 Å². The lowest BCUT2D eigenvalue weighted by Gasteiger charge is -2.05. The third kappa shape index (κ3) is 1.47. The van der Waals surface area contributed by atoms with E-state index in [2.05, 4.69) is 10.2 Å². The molecule has 1 atom stereocenters. The molecule has 3 heterocycles. The molecule has 0 saturated carbocycles. The fourth-order valence-corrected chi connectivity index (χ4v) is 3.16. The van der Waals surface area contributed by atoms with E-state index in [0.29, 0.717) is 5.92 Å². The average molecular weight is 220 g/mol. The summed E-state index contributed by atoms with van der Waals surface area (Å²) in [5, 5.41) is 8.41. The molecule has 1 fully saturated rings. The van der Waals surface area contributed by atoms with Gasteiger partial charge in [-0.25, -0.2) is 0 Å². The molecule has 1 saturated heterocycles. The Morgan fingerprint density at radius 2 is 2.33 bits per heavy atom. The summed E-state index contributed by atoms with van der Waals surface area (Å²) in [4.78, 5) is 0. The van der Waals surface area contributed by atoms with Crippen LogP contribution in [0.4, 0.5) is 5.69 Å². The van der Waals surface area contributed by atoms with Crippen molar-refractivity contribution < 1.29 is 0 Å². The Hall–Kier alpha value is -1.23. The molecule has 0 aromatic carbocycles. The van der Waals surface area contributed by atoms with Crippen molar-refractivity contribution in [2.75, 3.05) is 17.2 Å². The number of hydrogen-bond donors (Lipinski definition) is 1. The van der Waals surface area contributed by atoms with Crippen LogP contribution in [0, 0.1) is 0 Å². The van der Waals surface area contributed by atoms with Crippen molar-refractivity contribution in [2.45, 2.75) is 12.3 Å². The molecular weight excluding hydrogens is 208 g/mol. The van der Waals surface area contributed by atoms with Gasteiger partial charge in [-0.1, -0.05) is 0 Å². The van der Waals surface area contributed by atoms with Gasteiger partial charge < -0.3 is 5.73 Å². The number of nitrogen functional groups attached to an aromatic ring is 1. The highest BCUT2D eigenvalue weighted by Crippen LogP contribution is 2.31. The maximum absolute atomic E-state index is 5.77. The minimum atomic E-state index is 0.534. The molecule has 78 valence electrons. The number of aromatic nitrogens is 3. The van der Waals surface area contributed by atoms with Crippen LogP contribution in [0.3, 0.4) is 0 Å². The summed E-state index contributed by atoms with van der Waals surface area (Å²) in [6.07, 6.45) is 3.11. The normalized spacial score (nSPS) is 21.2. The molecule has 0 amide bonds. The predicted octanol–water partition coefficient (Wildman–Crippen LogP) is 1.53. The Morgan fingerprint density at radius 3 is 3.13 bits per heavy atom. The van der Waals surface area contributed by atoms with E-state index in [-0.39, 0.29) is 0 Å². The predicted molar refractivity (Wildman–Crippen MR) is 62.1 cm³/mol. The Morgan fingerprint density at radius 1 is 1.40 bits per heavy atom. The van der Waals surface area contributed by atoms with Crippen molar-refractivity contribution in [1.29, 1.82) is 0 Å². The maximum atomic E-state index is 5.77. The maximum Gasteiger partial charge on any atom is 0.160 e. The van der Waals surface area contributed by atoms with Gasteiger partial charge in [0.1, 0.15) is 5.82 Å². The quantitative estimate of drug-likeness (QED) is 0.792. The van der Waals surface area contributed by atoms with Crippen LogP contribution in [0.1, 0.15) is 18.2 Å². The van der Waals surface area contributed by atoms with Crippen LogP contribution in [0.2, 0.25) is 0 Å². The van der Waals surface area contributed by atoms with Gasteiger partial charge in [-0.3, -0.25) is 4.40 Å². The minimum Gasteiger partial charge on any atom is -0.398 e. The Balaban J connectivity index is 2.13. The van der Waals surface area contributed by atoms with Gasteiger partial charge in [0.25, 0.3) is 0 Å². The first-order valence-corrected chi connectivity index (χ1v) is 6.18. The molecule has 0 radical (unpaired) electrons. The SMILES string of the molecule is Nc1ccc2nnc(C3CCSC3)n2c1. The standard InChI is InChI=1S/C10H12N4S/c11-8-1-2-9-12-13-10(14(9)5-8)7-3-4-15-6-7/h1-2,5,7H,3-4,6,11H2. The molecule has 2 aromatic heterocycles. The summed E-state index contributed by atoms with van der Waals surface area (Å²) in [5.74, 6) is 3.96. The van der Waals surface area contributed by atoms with E-state index >= 15 is 0 Å².